The highest BCUT2D eigenvalue weighted by molar-refractivity contribution is 6.36. The summed E-state index contributed by atoms with van der Waals surface area (Å²) >= 11 is 12.5. The molecule has 6 saturated carbocycles. The van der Waals surface area contributed by atoms with Crippen LogP contribution in [0.1, 0.15) is 227 Å². The zero-order chi connectivity index (χ0) is 86.4. The molecular formula is C103H148Cl6F3N5O12. The number of nitrogens with zero attached hydrogens (tertiary/aromatic N) is 5. The lowest BCUT2D eigenvalue weighted by Gasteiger charge is -2.41. The van der Waals surface area contributed by atoms with E-state index in [1.807, 2.05) is 18.2 Å². The lowest BCUT2D eigenvalue weighted by Crippen LogP contribution is -2.51. The van der Waals surface area contributed by atoms with Crippen LogP contribution in [0.3, 0.4) is 0 Å². The van der Waals surface area contributed by atoms with E-state index in [2.05, 4.69) is 109 Å². The summed E-state index contributed by atoms with van der Waals surface area (Å²) in [5.74, 6) is 0.890. The molecule has 17 nitrogen and oxygen atoms in total. The molecule has 12 fully saturated rings. The summed E-state index contributed by atoms with van der Waals surface area (Å²) in [6.45, 7) is 18.8. The van der Waals surface area contributed by atoms with Crippen molar-refractivity contribution in [1.82, 2.24) is 24.5 Å². The standard InChI is InChI=1S/2C24H31NO3.C19H26F3NO2.C19H33NO2.C17H23Cl2NO2.4ClH/c1-2-9-21-19(6-1)7-5-8-20(21)12-15-26-23-11-4-3-10-22(23)25-14-13-24(18-25)27-16-17-28-24;1-18(26)28-21-13-15-25(17-21)23-11-4-5-12-24(23)27-16-14-20-9-6-8-19-7-2-3-10-22(19)20;20-19(21,22)16-6-2-1-5-15(16)9-12-25-18-8-4-3-7-17(18)23-10-13-24-14-11-23;21-17-12-13-20(15-17)18-10-4-5-11-19(18)22-14-6-9-16-7-2-1-3-8-16;18-14-4-3-5-15(19)13(14)12-22-17-7-2-1-6-16(17)20-8-10-21-11-9-20;;;;/h1-2,5-9,22-23H,3-4,10-18H2;2-3,6-10,21,23-24H,4-5,11-17H2,1H3;1-2,5-6,17-18H,3-4,7-14H2;16,18-19H,1-15H2;3-5,16-17H,1-2,6-12H2;4*1H/t22?,23-;21?,23-,24?;17-,18+;18-,19?;16-,17?;;;;/m01111..../s1. The highest BCUT2D eigenvalue weighted by Crippen LogP contribution is 2.40. The van der Waals surface area contributed by atoms with Crippen LogP contribution in [0.2, 0.25) is 10.0 Å². The Balaban J connectivity index is 0.000000167. The Morgan fingerprint density at radius 1 is 0.434 bits per heavy atom. The fourth-order valence-corrected chi connectivity index (χ4v) is 22.8. The summed E-state index contributed by atoms with van der Waals surface area (Å²) in [4.78, 5) is 35.2. The van der Waals surface area contributed by atoms with E-state index in [4.69, 9.17) is 70.6 Å². The average molecular weight is 1920 g/mol. The molecule has 129 heavy (non-hydrogen) atoms. The van der Waals surface area contributed by atoms with Crippen molar-refractivity contribution in [2.75, 3.05) is 132 Å². The maximum absolute atomic E-state index is 13.1. The smallest absolute Gasteiger partial charge is 0.416 e. The van der Waals surface area contributed by atoms with E-state index in [1.165, 1.54) is 187 Å². The van der Waals surface area contributed by atoms with Gasteiger partial charge in [-0.15, -0.1) is 49.6 Å². The molecule has 0 amide bonds. The van der Waals surface area contributed by atoms with Gasteiger partial charge in [0.25, 0.3) is 0 Å². The Bertz CT molecular complexity index is 4190. The average Bonchev–Trinajstić information content (AvgIpc) is 1.64. The van der Waals surface area contributed by atoms with E-state index in [1.54, 1.807) is 12.1 Å². The van der Waals surface area contributed by atoms with E-state index in [0.717, 1.165) is 200 Å². The summed E-state index contributed by atoms with van der Waals surface area (Å²) in [5, 5.41) is 6.67. The first kappa shape index (κ1) is 107. The lowest BCUT2D eigenvalue weighted by molar-refractivity contribution is -0.150. The molecule has 12 aliphatic rings. The van der Waals surface area contributed by atoms with E-state index in [-0.39, 0.29) is 79.7 Å². The molecule has 0 radical (unpaired) electrons. The quantitative estimate of drug-likeness (QED) is 0.0375. The molecule has 6 heterocycles. The zero-order valence-corrected chi connectivity index (χ0v) is 81.2. The second-order valence-electron chi connectivity index (χ2n) is 37.2. The third kappa shape index (κ3) is 32.0. The number of ether oxygens (including phenoxy) is 10. The first-order valence-electron chi connectivity index (χ1n) is 48.6. The third-order valence-corrected chi connectivity index (χ3v) is 29.6. The van der Waals surface area contributed by atoms with Gasteiger partial charge in [0, 0.05) is 125 Å². The van der Waals surface area contributed by atoms with Crippen molar-refractivity contribution in [2.45, 2.75) is 304 Å². The van der Waals surface area contributed by atoms with E-state index < -0.39 is 11.7 Å². The van der Waals surface area contributed by atoms with Gasteiger partial charge in [-0.25, -0.2) is 0 Å². The van der Waals surface area contributed by atoms with Crippen LogP contribution in [0.25, 0.3) is 21.5 Å². The number of morpholine rings is 2. The van der Waals surface area contributed by atoms with Gasteiger partial charge in [0.2, 0.25) is 0 Å². The number of rotatable bonds is 26. The highest BCUT2D eigenvalue weighted by Gasteiger charge is 2.48. The minimum Gasteiger partial charge on any atom is -0.461 e. The minimum atomic E-state index is -4.31. The first-order chi connectivity index (χ1) is 61.2. The number of halogens is 9. The van der Waals surface area contributed by atoms with Gasteiger partial charge in [-0.1, -0.05) is 229 Å². The number of fused-ring (bicyclic) bond motifs is 2. The van der Waals surface area contributed by atoms with Crippen molar-refractivity contribution >= 4 is 106 Å². The Kier molecular flexibility index (Phi) is 46.4. The number of hydrogen-bond donors (Lipinski definition) is 0. The van der Waals surface area contributed by atoms with Crippen LogP contribution in [-0.4, -0.2) is 240 Å². The van der Waals surface area contributed by atoms with Crippen LogP contribution in [-0.2, 0) is 89.0 Å². The van der Waals surface area contributed by atoms with Crippen LogP contribution in [0.4, 0.5) is 13.2 Å². The van der Waals surface area contributed by atoms with Crippen molar-refractivity contribution in [3.05, 3.63) is 165 Å². The Morgan fingerprint density at radius 3 is 1.35 bits per heavy atom. The topological polar surface area (TPSA) is 143 Å². The van der Waals surface area contributed by atoms with Gasteiger partial charge in [-0.05, 0) is 165 Å². The molecule has 6 aromatic carbocycles. The summed E-state index contributed by atoms with van der Waals surface area (Å²) in [5.41, 5.74) is 3.41. The molecule has 6 aliphatic heterocycles. The maximum atomic E-state index is 13.1. The summed E-state index contributed by atoms with van der Waals surface area (Å²) in [7, 11) is 0. The van der Waals surface area contributed by atoms with Crippen LogP contribution >= 0.6 is 72.8 Å². The van der Waals surface area contributed by atoms with Crippen molar-refractivity contribution in [2.24, 2.45) is 5.92 Å². The largest absolute Gasteiger partial charge is 0.461 e. The summed E-state index contributed by atoms with van der Waals surface area (Å²) in [6.07, 6.45) is 35.9. The van der Waals surface area contributed by atoms with Crippen LogP contribution in [0.15, 0.2) is 127 Å². The predicted molar refractivity (Wildman–Crippen MR) is 519 cm³/mol. The van der Waals surface area contributed by atoms with Gasteiger partial charge in [-0.3, -0.25) is 34.1 Å². The molecule has 0 aromatic heterocycles. The Morgan fingerprint density at radius 2 is 0.853 bits per heavy atom. The molecule has 6 saturated heterocycles. The SMILES string of the molecule is CC(=O)OC1CCN([C@@H]2CCCCC2OCCc2cccc3ccccc23)C1.Cl.Cl.Cl.Cl.Clc1cccc(Cl)c1COC1CCCC[C@H]1N1CCOCC1.FC(F)(F)c1ccccc1CCO[C@H]1CCCC[C@H]1N1CCOCC1.O=C1CCN([C@@H]2CCCCC2OCCCC2CCCCC2)C1.c1ccc2c(CCO[C@H]3CCCCC3N3CCC4(C3)OCCO4)cccc2c1. The molecule has 0 N–H and O–H groups in total. The number of likely N-dealkylation sites (tertiary alicyclic amines) is 3. The second-order valence-corrected chi connectivity index (χ2v) is 38.0. The van der Waals surface area contributed by atoms with Crippen molar-refractivity contribution in [1.29, 1.82) is 0 Å². The predicted octanol–water partition coefficient (Wildman–Crippen LogP) is 22.2. The molecular weight excluding hydrogens is 1770 g/mol. The lowest BCUT2D eigenvalue weighted by atomic mass is 9.86. The fourth-order valence-electron chi connectivity index (χ4n) is 22.3. The van der Waals surface area contributed by atoms with Crippen molar-refractivity contribution < 1.29 is 70.1 Å². The van der Waals surface area contributed by atoms with Gasteiger partial charge >= 0.3 is 12.1 Å². The normalized spacial score (nSPS) is 26.7. The number of esters is 1. The van der Waals surface area contributed by atoms with Gasteiger partial charge < -0.3 is 47.4 Å². The van der Waals surface area contributed by atoms with E-state index >= 15 is 0 Å². The van der Waals surface area contributed by atoms with Gasteiger partial charge in [0.15, 0.2) is 5.79 Å². The number of carbonyl (C=O) groups is 2. The number of carbonyl (C=O) groups excluding carboxylic acids is 2. The van der Waals surface area contributed by atoms with Crippen molar-refractivity contribution in [3.8, 4) is 0 Å². The number of alkyl halides is 3. The third-order valence-electron chi connectivity index (χ3n) is 28.9. The molecule has 6 aliphatic carbocycles. The Hall–Kier alpha value is -4.05. The zero-order valence-electron chi connectivity index (χ0n) is 76.4. The molecule has 1 spiro atoms. The molecule has 18 rings (SSSR count). The first-order valence-corrected chi connectivity index (χ1v) is 49.3. The second kappa shape index (κ2) is 56.0. The minimum absolute atomic E-state index is 0. The van der Waals surface area contributed by atoms with Gasteiger partial charge in [0.05, 0.1) is 115 Å². The number of hydrogen-bond acceptors (Lipinski definition) is 17. The van der Waals surface area contributed by atoms with Gasteiger partial charge in [-0.2, -0.15) is 13.2 Å². The number of ketones is 1. The van der Waals surface area contributed by atoms with E-state index in [9.17, 15) is 22.8 Å². The molecule has 0 bridgehead atoms. The maximum Gasteiger partial charge on any atom is 0.416 e. The Labute approximate surface area is 802 Å². The molecule has 6 aromatic rings. The summed E-state index contributed by atoms with van der Waals surface area (Å²) in [6, 6.07) is 44.1. The van der Waals surface area contributed by atoms with Gasteiger partial charge in [0.1, 0.15) is 11.9 Å². The summed E-state index contributed by atoms with van der Waals surface area (Å²) < 4.78 is 98.9. The van der Waals surface area contributed by atoms with Crippen molar-refractivity contribution in [3.63, 3.8) is 0 Å². The van der Waals surface area contributed by atoms with Crippen LogP contribution < -0.4 is 0 Å². The number of benzene rings is 6. The molecule has 720 valence electrons. The van der Waals surface area contributed by atoms with Crippen LogP contribution in [0, 0.1) is 5.92 Å². The van der Waals surface area contributed by atoms with E-state index in [0.29, 0.717) is 96.1 Å². The highest BCUT2D eigenvalue weighted by atomic mass is 35.5. The van der Waals surface area contributed by atoms with Crippen LogP contribution in [0.5, 0.6) is 0 Å². The number of Topliss-reactive ketones (excluding diaryl/α,β-unsaturated/α-hetero) is 1. The molecule has 5 unspecified atom stereocenters. The monoisotopic (exact) mass is 1910 g/mol. The molecule has 11 atom stereocenters. The fraction of sp³-hybridized carbons (Fsp3) is 0.670. The molecule has 26 heteroatoms.